The monoisotopic (exact) mass is 359 g/mol. The normalized spacial score (nSPS) is 22.8. The average Bonchev–Trinajstić information content (AvgIpc) is 3.21. The number of carbonyl (C=O) groups is 2. The molecule has 2 fully saturated rings. The molecule has 0 atom stereocenters. The lowest BCUT2D eigenvalue weighted by molar-refractivity contribution is -0.127. The molecular formula is C18H21N3O3S. The lowest BCUT2D eigenvalue weighted by Gasteiger charge is -2.32. The van der Waals surface area contributed by atoms with Gasteiger partial charge in [-0.05, 0) is 43.9 Å². The van der Waals surface area contributed by atoms with Gasteiger partial charge in [-0.15, -0.1) is 0 Å². The minimum absolute atomic E-state index is 0.000669. The van der Waals surface area contributed by atoms with E-state index in [0.29, 0.717) is 10.7 Å². The van der Waals surface area contributed by atoms with E-state index in [1.54, 1.807) is 7.11 Å². The molecule has 2 aromatic rings. The van der Waals surface area contributed by atoms with Crippen molar-refractivity contribution in [3.63, 3.8) is 0 Å². The van der Waals surface area contributed by atoms with Crippen LogP contribution in [0, 0.1) is 5.92 Å². The van der Waals surface area contributed by atoms with Crippen LogP contribution in [-0.4, -0.2) is 48.0 Å². The number of nitrogens with one attached hydrogen (secondary N) is 1. The van der Waals surface area contributed by atoms with Crippen molar-refractivity contribution >= 4 is 38.5 Å². The minimum atomic E-state index is 0.000669. The number of likely N-dealkylation sites (tertiary alicyclic amines) is 1. The summed E-state index contributed by atoms with van der Waals surface area (Å²) in [5.41, 5.74) is 1.50. The summed E-state index contributed by atoms with van der Waals surface area (Å²) in [4.78, 5) is 31.1. The van der Waals surface area contributed by atoms with E-state index in [0.717, 1.165) is 49.0 Å². The molecule has 6 nitrogen and oxygen atoms in total. The van der Waals surface area contributed by atoms with Crippen molar-refractivity contribution in [1.29, 1.82) is 0 Å². The highest BCUT2D eigenvalue weighted by molar-refractivity contribution is 7.22. The van der Waals surface area contributed by atoms with Gasteiger partial charge in [-0.3, -0.25) is 9.59 Å². The highest BCUT2D eigenvalue weighted by Crippen LogP contribution is 2.32. The molecule has 1 aliphatic carbocycles. The van der Waals surface area contributed by atoms with Crippen molar-refractivity contribution in [1.82, 2.24) is 9.88 Å². The van der Waals surface area contributed by atoms with E-state index in [9.17, 15) is 9.59 Å². The van der Waals surface area contributed by atoms with Gasteiger partial charge in [0.15, 0.2) is 5.13 Å². The van der Waals surface area contributed by atoms with Gasteiger partial charge in [-0.1, -0.05) is 11.3 Å². The number of hydrogen-bond acceptors (Lipinski definition) is 5. The smallest absolute Gasteiger partial charge is 0.253 e. The number of methoxy groups -OCH3 is 1. The van der Waals surface area contributed by atoms with Gasteiger partial charge in [0.1, 0.15) is 0 Å². The molecule has 4 rings (SSSR count). The Bertz CT molecular complexity index is 807. The summed E-state index contributed by atoms with van der Waals surface area (Å²) in [7, 11) is 1.67. The predicted octanol–water partition coefficient (Wildman–Crippen LogP) is 2.90. The molecule has 2 heterocycles. The minimum Gasteiger partial charge on any atom is -0.381 e. The molecule has 0 radical (unpaired) electrons. The van der Waals surface area contributed by atoms with Gasteiger partial charge >= 0.3 is 0 Å². The first kappa shape index (κ1) is 16.5. The van der Waals surface area contributed by atoms with Gasteiger partial charge in [0.05, 0.1) is 16.3 Å². The Hall–Kier alpha value is -1.99. The Morgan fingerprint density at radius 1 is 1.28 bits per heavy atom. The molecule has 132 valence electrons. The summed E-state index contributed by atoms with van der Waals surface area (Å²) in [6.07, 6.45) is 3.89. The quantitative estimate of drug-likeness (QED) is 0.911. The standard InChI is InChI=1S/C18H21N3O3S/c1-24-13-8-12(9-13)16(22)20-18-19-14-5-4-11(10-15(14)25-18)17(23)21-6-2-3-7-21/h4-5,10,12-13H,2-3,6-9H2,1H3,(H,19,20,22). The van der Waals surface area contributed by atoms with Crippen LogP contribution in [0.3, 0.4) is 0 Å². The number of benzene rings is 1. The fraction of sp³-hybridized carbons (Fsp3) is 0.500. The molecule has 2 amide bonds. The van der Waals surface area contributed by atoms with E-state index >= 15 is 0 Å². The first-order chi connectivity index (χ1) is 12.1. The second kappa shape index (κ2) is 6.72. The zero-order valence-corrected chi connectivity index (χ0v) is 15.0. The highest BCUT2D eigenvalue weighted by atomic mass is 32.1. The van der Waals surface area contributed by atoms with Crippen LogP contribution < -0.4 is 5.32 Å². The maximum absolute atomic E-state index is 12.5. The SMILES string of the molecule is COC1CC(C(=O)Nc2nc3ccc(C(=O)N4CCCC4)cc3s2)C1. The Morgan fingerprint density at radius 2 is 2.04 bits per heavy atom. The third-order valence-electron chi connectivity index (χ3n) is 5.06. The highest BCUT2D eigenvalue weighted by Gasteiger charge is 2.34. The van der Waals surface area contributed by atoms with Crippen LogP contribution in [0.4, 0.5) is 5.13 Å². The number of nitrogens with zero attached hydrogens (tertiary/aromatic N) is 2. The molecule has 0 bridgehead atoms. The third-order valence-corrected chi connectivity index (χ3v) is 5.99. The van der Waals surface area contributed by atoms with Crippen molar-refractivity contribution in [2.75, 3.05) is 25.5 Å². The summed E-state index contributed by atoms with van der Waals surface area (Å²) in [5, 5.41) is 3.49. The number of anilines is 1. The van der Waals surface area contributed by atoms with Gasteiger partial charge in [0, 0.05) is 31.7 Å². The predicted molar refractivity (Wildman–Crippen MR) is 96.9 cm³/mol. The first-order valence-corrected chi connectivity index (χ1v) is 9.49. The lowest BCUT2D eigenvalue weighted by Crippen LogP contribution is -2.38. The number of fused-ring (bicyclic) bond motifs is 1. The summed E-state index contributed by atoms with van der Waals surface area (Å²) in [6, 6.07) is 5.56. The fourth-order valence-corrected chi connectivity index (χ4v) is 4.30. The van der Waals surface area contributed by atoms with Crippen LogP contribution in [0.15, 0.2) is 18.2 Å². The summed E-state index contributed by atoms with van der Waals surface area (Å²) < 4.78 is 6.13. The molecule has 1 N–H and O–H groups in total. The van der Waals surface area contributed by atoms with Gasteiger partial charge < -0.3 is 15.0 Å². The number of aromatic nitrogens is 1. The van der Waals surface area contributed by atoms with Crippen molar-refractivity contribution in [3.8, 4) is 0 Å². The second-order valence-electron chi connectivity index (χ2n) is 6.72. The van der Waals surface area contributed by atoms with Crippen molar-refractivity contribution < 1.29 is 14.3 Å². The topological polar surface area (TPSA) is 71.5 Å². The second-order valence-corrected chi connectivity index (χ2v) is 7.75. The van der Waals surface area contributed by atoms with E-state index in [1.807, 2.05) is 23.1 Å². The van der Waals surface area contributed by atoms with Gasteiger partial charge in [0.2, 0.25) is 5.91 Å². The first-order valence-electron chi connectivity index (χ1n) is 8.67. The van der Waals surface area contributed by atoms with Crippen molar-refractivity contribution in [3.05, 3.63) is 23.8 Å². The zero-order valence-electron chi connectivity index (χ0n) is 14.2. The summed E-state index contributed by atoms with van der Waals surface area (Å²) >= 11 is 1.41. The molecule has 2 aliphatic rings. The van der Waals surface area contributed by atoms with Crippen molar-refractivity contribution in [2.24, 2.45) is 5.92 Å². The molecule has 1 aliphatic heterocycles. The lowest BCUT2D eigenvalue weighted by atomic mass is 9.82. The molecule has 0 spiro atoms. The Morgan fingerprint density at radius 3 is 2.76 bits per heavy atom. The molecule has 1 saturated heterocycles. The largest absolute Gasteiger partial charge is 0.381 e. The molecule has 0 unspecified atom stereocenters. The third kappa shape index (κ3) is 3.26. The van der Waals surface area contributed by atoms with E-state index in [1.165, 1.54) is 11.3 Å². The van der Waals surface area contributed by atoms with Gasteiger partial charge in [-0.2, -0.15) is 0 Å². The maximum Gasteiger partial charge on any atom is 0.253 e. The molecule has 1 saturated carbocycles. The van der Waals surface area contributed by atoms with Crippen LogP contribution in [-0.2, 0) is 9.53 Å². The van der Waals surface area contributed by atoms with Crippen LogP contribution in [0.1, 0.15) is 36.0 Å². The Balaban J connectivity index is 1.46. The van der Waals surface area contributed by atoms with Crippen LogP contribution in [0.2, 0.25) is 0 Å². The van der Waals surface area contributed by atoms with Crippen LogP contribution >= 0.6 is 11.3 Å². The maximum atomic E-state index is 12.5. The molecule has 1 aromatic heterocycles. The zero-order chi connectivity index (χ0) is 17.4. The number of thiazole rings is 1. The van der Waals surface area contributed by atoms with Gasteiger partial charge in [-0.25, -0.2) is 4.98 Å². The summed E-state index contributed by atoms with van der Waals surface area (Å²) in [5.74, 6) is 0.0865. The van der Waals surface area contributed by atoms with Crippen LogP contribution in [0.5, 0.6) is 0 Å². The molecule has 7 heteroatoms. The number of carbonyl (C=O) groups excluding carboxylic acids is 2. The number of amides is 2. The van der Waals surface area contributed by atoms with E-state index in [4.69, 9.17) is 4.74 Å². The van der Waals surface area contributed by atoms with Crippen molar-refractivity contribution in [2.45, 2.75) is 31.8 Å². The van der Waals surface area contributed by atoms with E-state index < -0.39 is 0 Å². The molecule has 25 heavy (non-hydrogen) atoms. The Labute approximate surface area is 150 Å². The molecular weight excluding hydrogens is 338 g/mol. The van der Waals surface area contributed by atoms with Crippen LogP contribution in [0.25, 0.3) is 10.2 Å². The fourth-order valence-electron chi connectivity index (χ4n) is 3.39. The number of ether oxygens (including phenoxy) is 1. The molecule has 1 aromatic carbocycles. The van der Waals surface area contributed by atoms with Gasteiger partial charge in [0.25, 0.3) is 5.91 Å². The summed E-state index contributed by atoms with van der Waals surface area (Å²) in [6.45, 7) is 1.68. The number of hydrogen-bond donors (Lipinski definition) is 1. The van der Waals surface area contributed by atoms with E-state index in [-0.39, 0.29) is 23.8 Å². The average molecular weight is 359 g/mol. The Kier molecular flexibility index (Phi) is 4.43. The van der Waals surface area contributed by atoms with E-state index in [2.05, 4.69) is 10.3 Å². The number of rotatable bonds is 4.